The molecule has 2 N–H and O–H groups in total. The maximum absolute atomic E-state index is 12.8. The van der Waals surface area contributed by atoms with E-state index in [1.54, 1.807) is 18.9 Å². The smallest absolute Gasteiger partial charge is 0.339 e. The van der Waals surface area contributed by atoms with Crippen LogP contribution in [0.4, 0.5) is 0 Å². The van der Waals surface area contributed by atoms with Crippen LogP contribution in [0.3, 0.4) is 0 Å². The first kappa shape index (κ1) is 24.5. The van der Waals surface area contributed by atoms with Gasteiger partial charge in [-0.15, -0.1) is 0 Å². The molecular weight excluding hydrogens is 404 g/mol. The summed E-state index contributed by atoms with van der Waals surface area (Å²) >= 11 is 0. The van der Waals surface area contributed by atoms with Gasteiger partial charge in [0, 0.05) is 59.1 Å². The van der Waals surface area contributed by atoms with Crippen LogP contribution < -0.4 is 5.32 Å². The van der Waals surface area contributed by atoms with Crippen LogP contribution in [0.2, 0.25) is 0 Å². The predicted octanol–water partition coefficient (Wildman–Crippen LogP) is 0.152. The van der Waals surface area contributed by atoms with E-state index >= 15 is 0 Å². The lowest BCUT2D eigenvalue weighted by Gasteiger charge is -2.34. The molecule has 0 bridgehead atoms. The molecule has 0 radical (unpaired) electrons. The summed E-state index contributed by atoms with van der Waals surface area (Å²) in [6, 6.07) is 0. The van der Waals surface area contributed by atoms with E-state index in [1.165, 1.54) is 14.0 Å². The van der Waals surface area contributed by atoms with Crippen LogP contribution in [0, 0.1) is 6.92 Å². The van der Waals surface area contributed by atoms with Gasteiger partial charge >= 0.3 is 5.97 Å². The molecule has 1 aromatic rings. The van der Waals surface area contributed by atoms with E-state index in [9.17, 15) is 19.2 Å². The molecule has 0 aromatic carbocycles. The van der Waals surface area contributed by atoms with Crippen molar-refractivity contribution >= 4 is 23.6 Å². The summed E-state index contributed by atoms with van der Waals surface area (Å²) in [7, 11) is 2.89. The number of carbonyl (C=O) groups excluding carboxylic acids is 4. The minimum atomic E-state index is -0.578. The minimum absolute atomic E-state index is 0.0292. The SMILES string of the molecule is COCCCNC(=O)CN1CCN(C(=O)Cc2[nH]c(C(C)=O)c(C)c2C(=O)OC)CC1. The summed E-state index contributed by atoms with van der Waals surface area (Å²) in [5.41, 5.74) is 1.43. The Morgan fingerprint density at radius 2 is 1.77 bits per heavy atom. The number of H-pyrrole nitrogens is 1. The monoisotopic (exact) mass is 436 g/mol. The first-order valence-electron chi connectivity index (χ1n) is 10.3. The van der Waals surface area contributed by atoms with Gasteiger partial charge in [0.2, 0.25) is 11.8 Å². The lowest BCUT2D eigenvalue weighted by Crippen LogP contribution is -2.51. The highest BCUT2D eigenvalue weighted by Gasteiger charge is 2.27. The zero-order valence-corrected chi connectivity index (χ0v) is 18.7. The molecule has 10 nitrogen and oxygen atoms in total. The third kappa shape index (κ3) is 6.63. The summed E-state index contributed by atoms with van der Waals surface area (Å²) in [6.45, 7) is 6.68. The predicted molar refractivity (Wildman–Crippen MR) is 113 cm³/mol. The van der Waals surface area contributed by atoms with Crippen LogP contribution in [-0.4, -0.2) is 98.4 Å². The number of amides is 2. The second-order valence-corrected chi connectivity index (χ2v) is 7.56. The Balaban J connectivity index is 1.91. The number of ether oxygens (including phenoxy) is 2. The number of hydrogen-bond donors (Lipinski definition) is 2. The number of hydrogen-bond acceptors (Lipinski definition) is 7. The van der Waals surface area contributed by atoms with Crippen LogP contribution in [0.15, 0.2) is 0 Å². The first-order valence-corrected chi connectivity index (χ1v) is 10.3. The molecule has 31 heavy (non-hydrogen) atoms. The van der Waals surface area contributed by atoms with Crippen molar-refractivity contribution in [1.82, 2.24) is 20.1 Å². The number of carbonyl (C=O) groups is 4. The standard InChI is InChI=1S/C21H32N4O6/c1-14-19(21(29)31-4)16(23-20(14)15(2)26)12-18(28)25-9-7-24(8-10-25)13-17(27)22-6-5-11-30-3/h23H,5-13H2,1-4H3,(H,22,27). The molecule has 0 unspecified atom stereocenters. The van der Waals surface area contributed by atoms with Crippen molar-refractivity contribution in [3.05, 3.63) is 22.5 Å². The van der Waals surface area contributed by atoms with Crippen LogP contribution in [0.1, 0.15) is 45.4 Å². The molecule has 1 fully saturated rings. The second kappa shape index (κ2) is 11.6. The molecule has 1 saturated heterocycles. The van der Waals surface area contributed by atoms with Gasteiger partial charge in [0.15, 0.2) is 5.78 Å². The lowest BCUT2D eigenvalue weighted by molar-refractivity contribution is -0.132. The van der Waals surface area contributed by atoms with Crippen molar-refractivity contribution in [3.63, 3.8) is 0 Å². The number of piperazine rings is 1. The Bertz CT molecular complexity index is 811. The van der Waals surface area contributed by atoms with E-state index in [0.717, 1.165) is 6.42 Å². The Hall–Kier alpha value is -2.72. The maximum atomic E-state index is 12.8. The van der Waals surface area contributed by atoms with E-state index < -0.39 is 5.97 Å². The van der Waals surface area contributed by atoms with Gasteiger partial charge < -0.3 is 24.7 Å². The van der Waals surface area contributed by atoms with Gasteiger partial charge in [-0.3, -0.25) is 19.3 Å². The number of rotatable bonds is 10. The Morgan fingerprint density at radius 1 is 1.10 bits per heavy atom. The number of esters is 1. The third-order valence-corrected chi connectivity index (χ3v) is 5.34. The van der Waals surface area contributed by atoms with Crippen LogP contribution in [0.25, 0.3) is 0 Å². The molecule has 1 aromatic heterocycles. The highest BCUT2D eigenvalue weighted by Crippen LogP contribution is 2.21. The summed E-state index contributed by atoms with van der Waals surface area (Å²) < 4.78 is 9.78. The molecule has 2 heterocycles. The van der Waals surface area contributed by atoms with Crippen molar-refractivity contribution in [1.29, 1.82) is 0 Å². The number of nitrogens with zero attached hydrogens (tertiary/aromatic N) is 2. The molecule has 1 aliphatic heterocycles. The van der Waals surface area contributed by atoms with Gasteiger partial charge in [-0.05, 0) is 18.9 Å². The third-order valence-electron chi connectivity index (χ3n) is 5.34. The number of aromatic amines is 1. The molecule has 2 amide bonds. The largest absolute Gasteiger partial charge is 0.465 e. The lowest BCUT2D eigenvalue weighted by atomic mass is 10.1. The van der Waals surface area contributed by atoms with Gasteiger partial charge in [-0.2, -0.15) is 0 Å². The normalized spacial score (nSPS) is 14.4. The number of nitrogens with one attached hydrogen (secondary N) is 2. The number of Topliss-reactive ketones (excluding diaryl/α,β-unsaturated/α-hetero) is 1. The Kier molecular flexibility index (Phi) is 9.20. The van der Waals surface area contributed by atoms with Crippen molar-refractivity contribution in [3.8, 4) is 0 Å². The van der Waals surface area contributed by atoms with E-state index in [2.05, 4.69) is 10.3 Å². The van der Waals surface area contributed by atoms with Crippen molar-refractivity contribution in [2.45, 2.75) is 26.7 Å². The molecule has 0 aliphatic carbocycles. The highest BCUT2D eigenvalue weighted by atomic mass is 16.5. The van der Waals surface area contributed by atoms with Gasteiger partial charge in [0.05, 0.1) is 31.3 Å². The summed E-state index contributed by atoms with van der Waals surface area (Å²) in [5, 5.41) is 2.85. The summed E-state index contributed by atoms with van der Waals surface area (Å²) in [6.07, 6.45) is 0.736. The molecule has 2 rings (SSSR count). The Morgan fingerprint density at radius 3 is 2.35 bits per heavy atom. The van der Waals surface area contributed by atoms with Crippen molar-refractivity contribution in [2.75, 3.05) is 60.1 Å². The Labute approximate surface area is 182 Å². The van der Waals surface area contributed by atoms with Crippen molar-refractivity contribution in [2.24, 2.45) is 0 Å². The topological polar surface area (TPSA) is 121 Å². The zero-order chi connectivity index (χ0) is 23.0. The fourth-order valence-corrected chi connectivity index (χ4v) is 3.64. The van der Waals surface area contributed by atoms with Gasteiger partial charge in [0.1, 0.15) is 0 Å². The number of aromatic nitrogens is 1. The molecule has 1 aliphatic rings. The van der Waals surface area contributed by atoms with E-state index in [-0.39, 0.29) is 29.6 Å². The van der Waals surface area contributed by atoms with Crippen LogP contribution in [0.5, 0.6) is 0 Å². The van der Waals surface area contributed by atoms with E-state index in [0.29, 0.717) is 62.8 Å². The van der Waals surface area contributed by atoms with Gasteiger partial charge in [-0.25, -0.2) is 4.79 Å². The molecule has 0 atom stereocenters. The van der Waals surface area contributed by atoms with Gasteiger partial charge in [0.25, 0.3) is 0 Å². The molecule has 172 valence electrons. The highest BCUT2D eigenvalue weighted by molar-refractivity contribution is 6.01. The average molecular weight is 437 g/mol. The molecule has 10 heteroatoms. The minimum Gasteiger partial charge on any atom is -0.465 e. The van der Waals surface area contributed by atoms with Crippen LogP contribution >= 0.6 is 0 Å². The quantitative estimate of drug-likeness (QED) is 0.304. The maximum Gasteiger partial charge on any atom is 0.339 e. The second-order valence-electron chi connectivity index (χ2n) is 7.56. The van der Waals surface area contributed by atoms with Gasteiger partial charge in [-0.1, -0.05) is 0 Å². The van der Waals surface area contributed by atoms with Crippen LogP contribution in [-0.2, 0) is 25.5 Å². The fraction of sp³-hybridized carbons (Fsp3) is 0.619. The number of methoxy groups -OCH3 is 2. The summed E-state index contributed by atoms with van der Waals surface area (Å²) in [5.74, 6) is -0.983. The average Bonchev–Trinajstić information content (AvgIpc) is 3.07. The molecule has 0 saturated carbocycles. The van der Waals surface area contributed by atoms with E-state index in [1.807, 2.05) is 4.90 Å². The first-order chi connectivity index (χ1) is 14.8. The number of ketones is 1. The van der Waals surface area contributed by atoms with E-state index in [4.69, 9.17) is 9.47 Å². The molecule has 0 spiro atoms. The summed E-state index contributed by atoms with van der Waals surface area (Å²) in [4.78, 5) is 55.5. The molecular formula is C21H32N4O6. The zero-order valence-electron chi connectivity index (χ0n) is 18.7. The van der Waals surface area contributed by atoms with Crippen molar-refractivity contribution < 1.29 is 28.7 Å². The fourth-order valence-electron chi connectivity index (χ4n) is 3.64.